The molecule has 0 radical (unpaired) electrons. The molecule has 1 aromatic heterocycles. The summed E-state index contributed by atoms with van der Waals surface area (Å²) in [5.41, 5.74) is 2.92. The van der Waals surface area contributed by atoms with Gasteiger partial charge in [-0.1, -0.05) is 24.6 Å². The summed E-state index contributed by atoms with van der Waals surface area (Å²) in [4.78, 5) is 14.0. The number of carbonyl (C=O) groups is 1. The van der Waals surface area contributed by atoms with Crippen molar-refractivity contribution in [3.05, 3.63) is 51.2 Å². The molecule has 1 amide bonds. The molecule has 2 aromatic rings. The Kier molecular flexibility index (Phi) is 5.79. The van der Waals surface area contributed by atoms with E-state index in [1.807, 2.05) is 12.3 Å². The molecule has 26 heavy (non-hydrogen) atoms. The molecule has 3 rings (SSSR count). The summed E-state index contributed by atoms with van der Waals surface area (Å²) in [6, 6.07) is 6.68. The van der Waals surface area contributed by atoms with Crippen LogP contribution in [0.2, 0.25) is 0 Å². The van der Waals surface area contributed by atoms with Crippen LogP contribution in [0.15, 0.2) is 34.5 Å². The predicted molar refractivity (Wildman–Crippen MR) is 104 cm³/mol. The minimum Gasteiger partial charge on any atom is -0.351 e. The third-order valence-corrected chi connectivity index (χ3v) is 7.21. The molecule has 0 fully saturated rings. The van der Waals surface area contributed by atoms with Crippen molar-refractivity contribution >= 4 is 27.3 Å². The fraction of sp³-hybridized carbons (Fsp3) is 0.421. The van der Waals surface area contributed by atoms with Crippen LogP contribution >= 0.6 is 11.3 Å². The summed E-state index contributed by atoms with van der Waals surface area (Å²) in [5.74, 6) is 0.555. The number of aryl methyl sites for hydroxylation is 1. The van der Waals surface area contributed by atoms with Gasteiger partial charge in [-0.3, -0.25) is 4.79 Å². The average molecular weight is 393 g/mol. The minimum absolute atomic E-state index is 0.119. The molecular formula is C19H24N2O3S2. The van der Waals surface area contributed by atoms with Crippen molar-refractivity contribution in [1.29, 1.82) is 0 Å². The van der Waals surface area contributed by atoms with Gasteiger partial charge in [0.1, 0.15) is 0 Å². The van der Waals surface area contributed by atoms with Crippen molar-refractivity contribution < 1.29 is 13.2 Å². The van der Waals surface area contributed by atoms with Crippen molar-refractivity contribution in [2.75, 3.05) is 13.1 Å². The van der Waals surface area contributed by atoms with Gasteiger partial charge in [-0.2, -0.15) is 0 Å². The van der Waals surface area contributed by atoms with Gasteiger partial charge in [0.25, 0.3) is 5.91 Å². The third kappa shape index (κ3) is 4.34. The molecule has 0 saturated heterocycles. The lowest BCUT2D eigenvalue weighted by atomic mass is 9.88. The first kappa shape index (κ1) is 19.1. The first-order valence-corrected chi connectivity index (χ1v) is 11.2. The number of hydrogen-bond acceptors (Lipinski definition) is 4. The van der Waals surface area contributed by atoms with E-state index in [2.05, 4.69) is 17.0 Å². The number of amides is 1. The molecular weight excluding hydrogens is 368 g/mol. The van der Waals surface area contributed by atoms with E-state index >= 15 is 0 Å². The molecule has 0 spiro atoms. The van der Waals surface area contributed by atoms with E-state index in [0.29, 0.717) is 5.92 Å². The maximum Gasteiger partial charge on any atom is 0.252 e. The highest BCUT2D eigenvalue weighted by atomic mass is 32.2. The number of sulfonamides is 1. The molecule has 7 heteroatoms. The number of rotatable bonds is 6. The lowest BCUT2D eigenvalue weighted by Gasteiger charge is -2.18. The van der Waals surface area contributed by atoms with Gasteiger partial charge in [-0.15, -0.1) is 11.3 Å². The van der Waals surface area contributed by atoms with E-state index in [0.717, 1.165) is 30.4 Å². The van der Waals surface area contributed by atoms with Crippen molar-refractivity contribution in [1.82, 2.24) is 10.0 Å². The van der Waals surface area contributed by atoms with E-state index in [-0.39, 0.29) is 23.9 Å². The molecule has 5 nitrogen and oxygen atoms in total. The Morgan fingerprint density at radius 1 is 1.23 bits per heavy atom. The van der Waals surface area contributed by atoms with Crippen LogP contribution in [0.1, 0.15) is 39.7 Å². The van der Waals surface area contributed by atoms with Crippen LogP contribution in [-0.4, -0.2) is 27.4 Å². The molecule has 2 N–H and O–H groups in total. The Morgan fingerprint density at radius 2 is 1.96 bits per heavy atom. The Bertz CT molecular complexity index is 886. The van der Waals surface area contributed by atoms with Gasteiger partial charge in [-0.05, 0) is 49.8 Å². The summed E-state index contributed by atoms with van der Waals surface area (Å²) >= 11 is 1.65. The Labute approximate surface area is 158 Å². The number of hydrogen-bond donors (Lipinski definition) is 2. The SMILES string of the molecule is Cc1ccc(S(=O)(=O)NCCNC(=O)c2csc3c2CCC(C)C3)cc1. The topological polar surface area (TPSA) is 75.3 Å². The second kappa shape index (κ2) is 7.90. The van der Waals surface area contributed by atoms with Gasteiger partial charge in [0.2, 0.25) is 10.0 Å². The number of thiophene rings is 1. The molecule has 1 unspecified atom stereocenters. The molecule has 1 atom stereocenters. The molecule has 1 heterocycles. The van der Waals surface area contributed by atoms with Gasteiger partial charge < -0.3 is 5.32 Å². The number of nitrogens with one attached hydrogen (secondary N) is 2. The summed E-state index contributed by atoms with van der Waals surface area (Å²) in [5, 5.41) is 4.75. The largest absolute Gasteiger partial charge is 0.351 e. The smallest absolute Gasteiger partial charge is 0.252 e. The van der Waals surface area contributed by atoms with Gasteiger partial charge in [0.15, 0.2) is 0 Å². The zero-order valence-electron chi connectivity index (χ0n) is 15.0. The van der Waals surface area contributed by atoms with Gasteiger partial charge in [0.05, 0.1) is 10.5 Å². The van der Waals surface area contributed by atoms with Crippen molar-refractivity contribution in [2.24, 2.45) is 5.92 Å². The fourth-order valence-corrected chi connectivity index (χ4v) is 5.40. The quantitative estimate of drug-likeness (QED) is 0.742. The van der Waals surface area contributed by atoms with Crippen LogP contribution < -0.4 is 10.0 Å². The summed E-state index contributed by atoms with van der Waals surface area (Å²) < 4.78 is 27.0. The van der Waals surface area contributed by atoms with Crippen molar-refractivity contribution in [3.63, 3.8) is 0 Å². The minimum atomic E-state index is -3.55. The normalized spacial score (nSPS) is 16.9. The highest BCUT2D eigenvalue weighted by Crippen LogP contribution is 2.32. The van der Waals surface area contributed by atoms with Crippen LogP contribution in [0.4, 0.5) is 0 Å². The number of fused-ring (bicyclic) bond motifs is 1. The molecule has 1 aromatic carbocycles. The second-order valence-corrected chi connectivity index (χ2v) is 9.60. The molecule has 1 aliphatic rings. The fourth-order valence-electron chi connectivity index (χ4n) is 3.13. The van der Waals surface area contributed by atoms with Crippen LogP contribution in [-0.2, 0) is 22.9 Å². The van der Waals surface area contributed by atoms with Crippen LogP contribution in [0.25, 0.3) is 0 Å². The Hall–Kier alpha value is -1.70. The maximum absolute atomic E-state index is 12.4. The number of benzene rings is 1. The van der Waals surface area contributed by atoms with Gasteiger partial charge in [0, 0.05) is 23.3 Å². The molecule has 0 aliphatic heterocycles. The van der Waals surface area contributed by atoms with Crippen LogP contribution in [0.3, 0.4) is 0 Å². The van der Waals surface area contributed by atoms with Gasteiger partial charge >= 0.3 is 0 Å². The predicted octanol–water partition coefficient (Wildman–Crippen LogP) is 2.89. The first-order chi connectivity index (χ1) is 12.4. The maximum atomic E-state index is 12.4. The lowest BCUT2D eigenvalue weighted by molar-refractivity contribution is 0.0953. The third-order valence-electron chi connectivity index (χ3n) is 4.68. The second-order valence-electron chi connectivity index (χ2n) is 6.87. The zero-order chi connectivity index (χ0) is 18.7. The molecule has 0 saturated carbocycles. The Balaban J connectivity index is 1.52. The van der Waals surface area contributed by atoms with E-state index in [1.165, 1.54) is 10.4 Å². The van der Waals surface area contributed by atoms with Crippen molar-refractivity contribution in [3.8, 4) is 0 Å². The van der Waals surface area contributed by atoms with E-state index < -0.39 is 10.0 Å². The standard InChI is InChI=1S/C19H24N2O3S2/c1-13-3-6-15(7-4-13)26(23,24)21-10-9-20-19(22)17-12-25-18-11-14(2)5-8-16(17)18/h3-4,6-7,12,14,21H,5,8-11H2,1-2H3,(H,20,22). The molecule has 0 bridgehead atoms. The average Bonchev–Trinajstić information content (AvgIpc) is 3.02. The summed E-state index contributed by atoms with van der Waals surface area (Å²) in [6.45, 7) is 4.56. The summed E-state index contributed by atoms with van der Waals surface area (Å²) in [7, 11) is -3.55. The summed E-state index contributed by atoms with van der Waals surface area (Å²) in [6.07, 6.45) is 3.10. The Morgan fingerprint density at radius 3 is 2.69 bits per heavy atom. The van der Waals surface area contributed by atoms with Crippen LogP contribution in [0, 0.1) is 12.8 Å². The zero-order valence-corrected chi connectivity index (χ0v) is 16.7. The first-order valence-electron chi connectivity index (χ1n) is 8.80. The highest BCUT2D eigenvalue weighted by Gasteiger charge is 2.23. The van der Waals surface area contributed by atoms with E-state index in [1.54, 1.807) is 35.6 Å². The molecule has 1 aliphatic carbocycles. The highest BCUT2D eigenvalue weighted by molar-refractivity contribution is 7.89. The van der Waals surface area contributed by atoms with E-state index in [9.17, 15) is 13.2 Å². The van der Waals surface area contributed by atoms with E-state index in [4.69, 9.17) is 0 Å². The molecule has 140 valence electrons. The van der Waals surface area contributed by atoms with Crippen molar-refractivity contribution in [2.45, 2.75) is 38.0 Å². The van der Waals surface area contributed by atoms with Crippen LogP contribution in [0.5, 0.6) is 0 Å². The van der Waals surface area contributed by atoms with Gasteiger partial charge in [-0.25, -0.2) is 13.1 Å². The monoisotopic (exact) mass is 392 g/mol. The lowest BCUT2D eigenvalue weighted by Crippen LogP contribution is -2.35. The number of carbonyl (C=O) groups excluding carboxylic acids is 1.